The fraction of sp³-hybridized carbons (Fsp3) is 0.200. The second-order valence-corrected chi connectivity index (χ2v) is 8.92. The number of halogens is 1. The standard InChI is InChI=1S/C25H21FN2O5S/c1-12-5-8-15(9-6-12)19-18(20(29)16-10-7-13(2)17(26)11-16)21(30)23(31)28(19)25-27-14(3)22(34-25)24(32)33-4/h5-11,19,29H,1-4H3/b20-18-. The van der Waals surface area contributed by atoms with Gasteiger partial charge in [-0.1, -0.05) is 53.3 Å². The quantitative estimate of drug-likeness (QED) is 0.253. The minimum atomic E-state index is -1.03. The Kier molecular flexibility index (Phi) is 6.05. The lowest BCUT2D eigenvalue weighted by Crippen LogP contribution is -2.29. The third-order valence-electron chi connectivity index (χ3n) is 5.64. The molecule has 4 rings (SSSR count). The van der Waals surface area contributed by atoms with Gasteiger partial charge in [0.15, 0.2) is 5.13 Å². The van der Waals surface area contributed by atoms with Gasteiger partial charge < -0.3 is 9.84 Å². The third-order valence-corrected chi connectivity index (χ3v) is 6.78. The molecule has 1 aliphatic rings. The fourth-order valence-corrected chi connectivity index (χ4v) is 4.77. The Balaban J connectivity index is 1.94. The van der Waals surface area contributed by atoms with Crippen molar-refractivity contribution in [3.8, 4) is 0 Å². The highest BCUT2D eigenvalue weighted by Gasteiger charge is 2.48. The van der Waals surface area contributed by atoms with Crippen molar-refractivity contribution in [2.24, 2.45) is 0 Å². The molecule has 2 aromatic carbocycles. The number of hydrogen-bond acceptors (Lipinski definition) is 7. The first-order valence-electron chi connectivity index (χ1n) is 10.3. The molecule has 0 bridgehead atoms. The number of hydrogen-bond donors (Lipinski definition) is 1. The summed E-state index contributed by atoms with van der Waals surface area (Å²) in [5, 5.41) is 11.2. The number of aryl methyl sites for hydroxylation is 3. The number of Topliss-reactive ketones (excluding diaryl/α,β-unsaturated/α-hetero) is 1. The van der Waals surface area contributed by atoms with Gasteiger partial charge in [0.2, 0.25) is 0 Å². The average molecular weight is 481 g/mol. The summed E-state index contributed by atoms with van der Waals surface area (Å²) in [6.07, 6.45) is 0. The zero-order chi connectivity index (χ0) is 24.7. The summed E-state index contributed by atoms with van der Waals surface area (Å²) >= 11 is 0.914. The van der Waals surface area contributed by atoms with E-state index in [0.717, 1.165) is 27.9 Å². The van der Waals surface area contributed by atoms with E-state index in [4.69, 9.17) is 4.74 Å². The number of benzene rings is 2. The number of aromatic nitrogens is 1. The Hall–Kier alpha value is -3.85. The number of aliphatic hydroxyl groups excluding tert-OH is 1. The van der Waals surface area contributed by atoms with Gasteiger partial charge in [-0.25, -0.2) is 14.2 Å². The number of nitrogens with zero attached hydrogens (tertiary/aromatic N) is 2. The van der Waals surface area contributed by atoms with E-state index in [1.54, 1.807) is 26.0 Å². The second kappa shape index (κ2) is 8.83. The molecule has 1 aromatic heterocycles. The predicted molar refractivity (Wildman–Crippen MR) is 125 cm³/mol. The van der Waals surface area contributed by atoms with Crippen molar-refractivity contribution in [1.29, 1.82) is 0 Å². The van der Waals surface area contributed by atoms with Crippen LogP contribution in [-0.2, 0) is 14.3 Å². The van der Waals surface area contributed by atoms with Crippen LogP contribution in [0, 0.1) is 26.6 Å². The molecule has 1 amide bonds. The lowest BCUT2D eigenvalue weighted by molar-refractivity contribution is -0.132. The Morgan fingerprint density at radius 2 is 1.79 bits per heavy atom. The van der Waals surface area contributed by atoms with Crippen LogP contribution in [-0.4, -0.2) is 34.9 Å². The highest BCUT2D eigenvalue weighted by molar-refractivity contribution is 7.17. The zero-order valence-electron chi connectivity index (χ0n) is 18.9. The Bertz CT molecular complexity index is 1360. The van der Waals surface area contributed by atoms with E-state index in [-0.39, 0.29) is 21.1 Å². The van der Waals surface area contributed by atoms with Gasteiger partial charge in [0, 0.05) is 5.56 Å². The van der Waals surface area contributed by atoms with Crippen molar-refractivity contribution in [2.75, 3.05) is 12.0 Å². The summed E-state index contributed by atoms with van der Waals surface area (Å²) in [5.74, 6) is -3.50. The predicted octanol–water partition coefficient (Wildman–Crippen LogP) is 4.62. The van der Waals surface area contributed by atoms with Crippen LogP contribution in [0.25, 0.3) is 5.76 Å². The molecule has 1 aliphatic heterocycles. The van der Waals surface area contributed by atoms with E-state index in [0.29, 0.717) is 16.8 Å². The van der Waals surface area contributed by atoms with E-state index in [1.807, 2.05) is 19.1 Å². The van der Waals surface area contributed by atoms with Crippen molar-refractivity contribution in [2.45, 2.75) is 26.8 Å². The number of methoxy groups -OCH3 is 1. The molecule has 0 saturated carbocycles. The summed E-state index contributed by atoms with van der Waals surface area (Å²) in [7, 11) is 1.24. The van der Waals surface area contributed by atoms with Crippen molar-refractivity contribution < 1.29 is 28.6 Å². The van der Waals surface area contributed by atoms with Crippen molar-refractivity contribution in [3.63, 3.8) is 0 Å². The summed E-state index contributed by atoms with van der Waals surface area (Å²) in [6, 6.07) is 10.2. The van der Waals surface area contributed by atoms with Crippen molar-refractivity contribution in [3.05, 3.63) is 86.7 Å². The van der Waals surface area contributed by atoms with Gasteiger partial charge in [0.25, 0.3) is 5.78 Å². The van der Waals surface area contributed by atoms with E-state index < -0.39 is 35.3 Å². The molecule has 2 heterocycles. The summed E-state index contributed by atoms with van der Waals surface area (Å²) in [6.45, 7) is 5.06. The minimum Gasteiger partial charge on any atom is -0.507 e. The number of ether oxygens (including phenoxy) is 1. The molecule has 7 nitrogen and oxygen atoms in total. The van der Waals surface area contributed by atoms with Crippen molar-refractivity contribution in [1.82, 2.24) is 4.98 Å². The number of anilines is 1. The van der Waals surface area contributed by atoms with E-state index in [9.17, 15) is 23.9 Å². The van der Waals surface area contributed by atoms with Crippen LogP contribution in [0.5, 0.6) is 0 Å². The molecule has 174 valence electrons. The molecule has 1 atom stereocenters. The molecule has 0 radical (unpaired) electrons. The van der Waals surface area contributed by atoms with E-state index in [1.165, 1.54) is 19.2 Å². The highest BCUT2D eigenvalue weighted by atomic mass is 32.1. The molecule has 1 saturated heterocycles. The Morgan fingerprint density at radius 3 is 2.41 bits per heavy atom. The number of rotatable bonds is 4. The van der Waals surface area contributed by atoms with Crippen LogP contribution in [0.15, 0.2) is 48.0 Å². The first-order valence-corrected chi connectivity index (χ1v) is 11.2. The van der Waals surface area contributed by atoms with Gasteiger partial charge in [-0.2, -0.15) is 0 Å². The van der Waals surface area contributed by atoms with Gasteiger partial charge in [0.1, 0.15) is 16.5 Å². The number of carbonyl (C=O) groups excluding carboxylic acids is 3. The van der Waals surface area contributed by atoms with Gasteiger partial charge in [-0.3, -0.25) is 14.5 Å². The summed E-state index contributed by atoms with van der Waals surface area (Å²) < 4.78 is 19.0. The smallest absolute Gasteiger partial charge is 0.350 e. The highest BCUT2D eigenvalue weighted by Crippen LogP contribution is 2.44. The number of amides is 1. The third kappa shape index (κ3) is 3.88. The van der Waals surface area contributed by atoms with Crippen LogP contribution >= 0.6 is 11.3 Å². The molecule has 0 aliphatic carbocycles. The molecule has 9 heteroatoms. The van der Waals surface area contributed by atoms with Crippen LogP contribution < -0.4 is 4.90 Å². The van der Waals surface area contributed by atoms with Gasteiger partial charge in [-0.15, -0.1) is 0 Å². The average Bonchev–Trinajstić information content (AvgIpc) is 3.32. The van der Waals surface area contributed by atoms with Crippen LogP contribution in [0.3, 0.4) is 0 Å². The minimum absolute atomic E-state index is 0.0729. The number of aliphatic hydroxyl groups is 1. The summed E-state index contributed by atoms with van der Waals surface area (Å²) in [4.78, 5) is 44.2. The zero-order valence-corrected chi connectivity index (χ0v) is 19.7. The van der Waals surface area contributed by atoms with E-state index in [2.05, 4.69) is 4.98 Å². The number of carbonyl (C=O) groups is 3. The lowest BCUT2D eigenvalue weighted by atomic mass is 9.94. The Morgan fingerprint density at radius 1 is 1.12 bits per heavy atom. The lowest BCUT2D eigenvalue weighted by Gasteiger charge is -2.23. The normalized spacial score (nSPS) is 17.3. The number of ketones is 1. The van der Waals surface area contributed by atoms with E-state index >= 15 is 0 Å². The monoisotopic (exact) mass is 480 g/mol. The largest absolute Gasteiger partial charge is 0.507 e. The molecule has 0 spiro atoms. The fourth-order valence-electron chi connectivity index (χ4n) is 3.76. The van der Waals surface area contributed by atoms with Crippen LogP contribution in [0.1, 0.15) is 43.7 Å². The topological polar surface area (TPSA) is 96.8 Å². The van der Waals surface area contributed by atoms with Crippen LogP contribution in [0.4, 0.5) is 9.52 Å². The first kappa shape index (κ1) is 23.3. The van der Waals surface area contributed by atoms with Crippen LogP contribution in [0.2, 0.25) is 0 Å². The maximum absolute atomic E-state index is 14.2. The molecular weight excluding hydrogens is 459 g/mol. The molecule has 1 N–H and O–H groups in total. The molecule has 3 aromatic rings. The Labute approximate surface area is 199 Å². The van der Waals surface area contributed by atoms with Gasteiger partial charge >= 0.3 is 11.9 Å². The molecule has 34 heavy (non-hydrogen) atoms. The number of thiazole rings is 1. The number of esters is 1. The SMILES string of the molecule is COC(=O)c1sc(N2C(=O)C(=O)/C(=C(\O)c3ccc(C)c(F)c3)C2c2ccc(C)cc2)nc1C. The molecular formula is C25H21FN2O5S. The maximum Gasteiger partial charge on any atom is 0.350 e. The van der Waals surface area contributed by atoms with Gasteiger partial charge in [0.05, 0.1) is 24.4 Å². The first-order chi connectivity index (χ1) is 16.1. The molecule has 1 fully saturated rings. The summed E-state index contributed by atoms with van der Waals surface area (Å²) in [5.41, 5.74) is 2.11. The van der Waals surface area contributed by atoms with Crippen molar-refractivity contribution >= 4 is 39.9 Å². The second-order valence-electron chi connectivity index (χ2n) is 7.95. The van der Waals surface area contributed by atoms with Gasteiger partial charge in [-0.05, 0) is 38.0 Å². The maximum atomic E-state index is 14.2. The molecule has 1 unspecified atom stereocenters.